The van der Waals surface area contributed by atoms with Crippen molar-refractivity contribution in [3.05, 3.63) is 11.6 Å². The van der Waals surface area contributed by atoms with Crippen LogP contribution < -0.4 is 0 Å². The standard InChI is InChI=1S/C9H14O/c1-2-3-7-4-5-8-9(6-7)10-8/h4,8-9H,2-3,5-6H2,1H3. The maximum absolute atomic E-state index is 5.40. The molecule has 1 heteroatoms. The number of rotatable bonds is 2. The molecule has 1 nitrogen and oxygen atoms in total. The fraction of sp³-hybridized carbons (Fsp3) is 0.778. The van der Waals surface area contributed by atoms with Crippen LogP contribution in [0.5, 0.6) is 0 Å². The second kappa shape index (κ2) is 2.39. The lowest BCUT2D eigenvalue weighted by molar-refractivity contribution is 0.374. The van der Waals surface area contributed by atoms with Crippen LogP contribution in [0.2, 0.25) is 0 Å². The van der Waals surface area contributed by atoms with Crippen LogP contribution >= 0.6 is 0 Å². The van der Waals surface area contributed by atoms with E-state index >= 15 is 0 Å². The average Bonchev–Trinajstić information content (AvgIpc) is 2.66. The summed E-state index contributed by atoms with van der Waals surface area (Å²) in [7, 11) is 0. The molecule has 1 fully saturated rings. The van der Waals surface area contributed by atoms with E-state index in [1.807, 2.05) is 0 Å². The first-order valence-electron chi connectivity index (χ1n) is 4.23. The van der Waals surface area contributed by atoms with Gasteiger partial charge < -0.3 is 4.74 Å². The highest BCUT2D eigenvalue weighted by atomic mass is 16.6. The number of hydrogen-bond acceptors (Lipinski definition) is 1. The first kappa shape index (κ1) is 6.41. The molecular formula is C9H14O. The van der Waals surface area contributed by atoms with E-state index in [4.69, 9.17) is 4.74 Å². The second-order valence-corrected chi connectivity index (χ2v) is 3.27. The first-order chi connectivity index (χ1) is 4.90. The number of fused-ring (bicyclic) bond motifs is 1. The summed E-state index contributed by atoms with van der Waals surface area (Å²) < 4.78 is 5.40. The highest BCUT2D eigenvalue weighted by Gasteiger charge is 2.40. The average molecular weight is 138 g/mol. The third kappa shape index (κ3) is 1.10. The molecule has 2 aliphatic rings. The zero-order valence-corrected chi connectivity index (χ0v) is 6.47. The Bertz CT molecular complexity index is 160. The van der Waals surface area contributed by atoms with Crippen molar-refractivity contribution in [2.75, 3.05) is 0 Å². The zero-order chi connectivity index (χ0) is 6.97. The van der Waals surface area contributed by atoms with Crippen molar-refractivity contribution >= 4 is 0 Å². The van der Waals surface area contributed by atoms with Gasteiger partial charge in [-0.05, 0) is 19.3 Å². The van der Waals surface area contributed by atoms with Gasteiger partial charge in [0.15, 0.2) is 0 Å². The van der Waals surface area contributed by atoms with Gasteiger partial charge in [-0.15, -0.1) is 0 Å². The van der Waals surface area contributed by atoms with Crippen molar-refractivity contribution in [1.29, 1.82) is 0 Å². The summed E-state index contributed by atoms with van der Waals surface area (Å²) in [5.74, 6) is 0. The minimum atomic E-state index is 0.612. The molecule has 10 heavy (non-hydrogen) atoms. The molecule has 0 bridgehead atoms. The van der Waals surface area contributed by atoms with Crippen molar-refractivity contribution in [2.24, 2.45) is 0 Å². The predicted octanol–water partition coefficient (Wildman–Crippen LogP) is 2.27. The van der Waals surface area contributed by atoms with Crippen molar-refractivity contribution in [1.82, 2.24) is 0 Å². The minimum absolute atomic E-state index is 0.612. The molecular weight excluding hydrogens is 124 g/mol. The fourth-order valence-electron chi connectivity index (χ4n) is 1.72. The van der Waals surface area contributed by atoms with Crippen LogP contribution in [-0.4, -0.2) is 12.2 Å². The van der Waals surface area contributed by atoms with E-state index in [1.54, 1.807) is 5.57 Å². The van der Waals surface area contributed by atoms with Gasteiger partial charge in [-0.25, -0.2) is 0 Å². The van der Waals surface area contributed by atoms with E-state index in [2.05, 4.69) is 13.0 Å². The van der Waals surface area contributed by atoms with E-state index in [0.29, 0.717) is 12.2 Å². The molecule has 2 atom stereocenters. The van der Waals surface area contributed by atoms with Gasteiger partial charge in [0.25, 0.3) is 0 Å². The number of epoxide rings is 1. The molecule has 2 unspecified atom stereocenters. The summed E-state index contributed by atoms with van der Waals surface area (Å²) >= 11 is 0. The van der Waals surface area contributed by atoms with Crippen LogP contribution in [0.25, 0.3) is 0 Å². The van der Waals surface area contributed by atoms with E-state index in [1.165, 1.54) is 25.7 Å². The van der Waals surface area contributed by atoms with Gasteiger partial charge >= 0.3 is 0 Å². The maximum Gasteiger partial charge on any atom is 0.0882 e. The Morgan fingerprint density at radius 3 is 3.20 bits per heavy atom. The van der Waals surface area contributed by atoms with Gasteiger partial charge in [0.05, 0.1) is 12.2 Å². The topological polar surface area (TPSA) is 12.5 Å². The van der Waals surface area contributed by atoms with Crippen molar-refractivity contribution < 1.29 is 4.74 Å². The lowest BCUT2D eigenvalue weighted by Gasteiger charge is -2.06. The minimum Gasteiger partial charge on any atom is -0.369 e. The molecule has 0 aromatic rings. The Morgan fingerprint density at radius 1 is 1.60 bits per heavy atom. The quantitative estimate of drug-likeness (QED) is 0.421. The van der Waals surface area contributed by atoms with Crippen molar-refractivity contribution in [3.8, 4) is 0 Å². The summed E-state index contributed by atoms with van der Waals surface area (Å²) in [4.78, 5) is 0. The highest BCUT2D eigenvalue weighted by molar-refractivity contribution is 5.14. The lowest BCUT2D eigenvalue weighted by atomic mass is 9.96. The molecule has 1 aliphatic heterocycles. The molecule has 0 amide bonds. The zero-order valence-electron chi connectivity index (χ0n) is 6.47. The van der Waals surface area contributed by atoms with E-state index in [-0.39, 0.29) is 0 Å². The van der Waals surface area contributed by atoms with Crippen LogP contribution in [0.15, 0.2) is 11.6 Å². The smallest absolute Gasteiger partial charge is 0.0882 e. The Balaban J connectivity index is 1.90. The van der Waals surface area contributed by atoms with Crippen LogP contribution in [0.4, 0.5) is 0 Å². The summed E-state index contributed by atoms with van der Waals surface area (Å²) in [5, 5.41) is 0. The number of ether oxygens (including phenoxy) is 1. The fourth-order valence-corrected chi connectivity index (χ4v) is 1.72. The lowest BCUT2D eigenvalue weighted by Crippen LogP contribution is -2.01. The normalized spacial score (nSPS) is 36.7. The highest BCUT2D eigenvalue weighted by Crippen LogP contribution is 2.37. The van der Waals surface area contributed by atoms with Crippen LogP contribution in [0.3, 0.4) is 0 Å². The number of hydrogen-bond donors (Lipinski definition) is 0. The third-order valence-electron chi connectivity index (χ3n) is 2.36. The van der Waals surface area contributed by atoms with Crippen molar-refractivity contribution in [2.45, 2.75) is 44.8 Å². The van der Waals surface area contributed by atoms with Gasteiger partial charge in [0, 0.05) is 0 Å². The molecule has 1 heterocycles. The van der Waals surface area contributed by atoms with Gasteiger partial charge in [0.2, 0.25) is 0 Å². The molecule has 0 N–H and O–H groups in total. The largest absolute Gasteiger partial charge is 0.369 e. The van der Waals surface area contributed by atoms with Gasteiger partial charge in [-0.2, -0.15) is 0 Å². The monoisotopic (exact) mass is 138 g/mol. The molecule has 1 saturated heterocycles. The molecule has 1 aliphatic carbocycles. The molecule has 0 aromatic carbocycles. The molecule has 0 aromatic heterocycles. The van der Waals surface area contributed by atoms with Crippen LogP contribution in [0.1, 0.15) is 32.6 Å². The van der Waals surface area contributed by atoms with Gasteiger partial charge in [0.1, 0.15) is 0 Å². The van der Waals surface area contributed by atoms with E-state index in [0.717, 1.165) is 0 Å². The Hall–Kier alpha value is -0.300. The van der Waals surface area contributed by atoms with E-state index in [9.17, 15) is 0 Å². The predicted molar refractivity (Wildman–Crippen MR) is 40.9 cm³/mol. The Kier molecular flexibility index (Phi) is 1.53. The van der Waals surface area contributed by atoms with Crippen molar-refractivity contribution in [3.63, 3.8) is 0 Å². The summed E-state index contributed by atoms with van der Waals surface area (Å²) in [6.45, 7) is 2.24. The summed E-state index contributed by atoms with van der Waals surface area (Å²) in [6.07, 6.45) is 8.57. The third-order valence-corrected chi connectivity index (χ3v) is 2.36. The van der Waals surface area contributed by atoms with Gasteiger partial charge in [-0.1, -0.05) is 25.0 Å². The van der Waals surface area contributed by atoms with Crippen LogP contribution in [0, 0.1) is 0 Å². The molecule has 56 valence electrons. The van der Waals surface area contributed by atoms with Crippen LogP contribution in [-0.2, 0) is 4.74 Å². The second-order valence-electron chi connectivity index (χ2n) is 3.27. The molecule has 0 radical (unpaired) electrons. The molecule has 0 spiro atoms. The van der Waals surface area contributed by atoms with E-state index < -0.39 is 0 Å². The van der Waals surface area contributed by atoms with Gasteiger partial charge in [-0.3, -0.25) is 0 Å². The SMILES string of the molecule is CCCC1=CCC2OC2C1. The Labute approximate surface area is 62.1 Å². The summed E-state index contributed by atoms with van der Waals surface area (Å²) in [6, 6.07) is 0. The Morgan fingerprint density at radius 2 is 2.50 bits per heavy atom. The molecule has 0 saturated carbocycles. The first-order valence-corrected chi connectivity index (χ1v) is 4.23. The summed E-state index contributed by atoms with van der Waals surface area (Å²) in [5.41, 5.74) is 1.63. The molecule has 2 rings (SSSR count). The maximum atomic E-state index is 5.40.